The summed E-state index contributed by atoms with van der Waals surface area (Å²) in [6, 6.07) is 22.1. The third-order valence-corrected chi connectivity index (χ3v) is 8.69. The van der Waals surface area contributed by atoms with E-state index in [-0.39, 0.29) is 16.5 Å². The largest absolute Gasteiger partial charge is 0.456 e. The number of amides is 3. The van der Waals surface area contributed by atoms with Gasteiger partial charge in [0.1, 0.15) is 11.4 Å². The van der Waals surface area contributed by atoms with Gasteiger partial charge in [-0.15, -0.1) is 0 Å². The minimum Gasteiger partial charge on any atom is -0.456 e. The Morgan fingerprint density at radius 3 is 2.31 bits per heavy atom. The SMILES string of the molecule is Cc1ccc(C(=O)N/N=C\C23c4ccccc4C(c4ccccc42)[C@@H]2C(=O)N(c4ccc(Cl)cc4[N+](=O)[O-])C(=O)[C@H]23)o1. The number of halogens is 1. The molecule has 10 nitrogen and oxygen atoms in total. The predicted octanol–water partition coefficient (Wildman–Crippen LogP) is 5.12. The van der Waals surface area contributed by atoms with Crippen molar-refractivity contribution in [2.45, 2.75) is 18.3 Å². The van der Waals surface area contributed by atoms with Crippen LogP contribution in [0.4, 0.5) is 11.4 Å². The highest BCUT2D eigenvalue weighted by Crippen LogP contribution is 2.64. The number of imide groups is 1. The Morgan fingerprint density at radius 2 is 1.69 bits per heavy atom. The van der Waals surface area contributed by atoms with Gasteiger partial charge in [-0.1, -0.05) is 60.1 Å². The van der Waals surface area contributed by atoms with Crippen molar-refractivity contribution in [3.05, 3.63) is 128 Å². The van der Waals surface area contributed by atoms with Gasteiger partial charge in [-0.3, -0.25) is 24.5 Å². The first-order valence-corrected chi connectivity index (χ1v) is 13.5. The smallest absolute Gasteiger partial charge is 0.307 e. The summed E-state index contributed by atoms with van der Waals surface area (Å²) in [6.45, 7) is 1.72. The fourth-order valence-corrected chi connectivity index (χ4v) is 7.09. The molecule has 0 saturated carbocycles. The van der Waals surface area contributed by atoms with Gasteiger partial charge in [0.2, 0.25) is 11.8 Å². The van der Waals surface area contributed by atoms with Gasteiger partial charge in [0, 0.05) is 23.2 Å². The van der Waals surface area contributed by atoms with Crippen LogP contribution in [0.1, 0.15) is 44.5 Å². The second-order valence-electron chi connectivity index (χ2n) is 10.5. The minimum absolute atomic E-state index is 0.0709. The molecule has 2 heterocycles. The molecule has 1 aliphatic heterocycles. The van der Waals surface area contributed by atoms with E-state index in [1.807, 2.05) is 48.5 Å². The topological polar surface area (TPSA) is 135 Å². The highest BCUT2D eigenvalue weighted by atomic mass is 35.5. The zero-order chi connectivity index (χ0) is 29.3. The Bertz CT molecular complexity index is 1830. The fourth-order valence-electron chi connectivity index (χ4n) is 6.92. The summed E-state index contributed by atoms with van der Waals surface area (Å²) in [4.78, 5) is 53.7. The first-order chi connectivity index (χ1) is 20.2. The molecular formula is C31H21ClN4O6. The molecule has 42 heavy (non-hydrogen) atoms. The van der Waals surface area contributed by atoms with E-state index in [0.717, 1.165) is 33.2 Å². The number of carbonyl (C=O) groups is 3. The number of nitrogens with one attached hydrogen (secondary N) is 1. The van der Waals surface area contributed by atoms with Crippen LogP contribution in [0.15, 0.2) is 88.4 Å². The summed E-state index contributed by atoms with van der Waals surface area (Å²) in [5.74, 6) is -3.40. The van der Waals surface area contributed by atoms with Gasteiger partial charge in [0.25, 0.3) is 5.69 Å². The van der Waals surface area contributed by atoms with Gasteiger partial charge in [-0.25, -0.2) is 10.3 Å². The van der Waals surface area contributed by atoms with Crippen LogP contribution >= 0.6 is 11.6 Å². The summed E-state index contributed by atoms with van der Waals surface area (Å²) >= 11 is 6.04. The average Bonchev–Trinajstić information content (AvgIpc) is 3.54. The van der Waals surface area contributed by atoms with Crippen LogP contribution in [0.3, 0.4) is 0 Å². The van der Waals surface area contributed by atoms with Crippen molar-refractivity contribution < 1.29 is 23.7 Å². The Kier molecular flexibility index (Phi) is 5.67. The van der Waals surface area contributed by atoms with Crippen molar-refractivity contribution in [1.29, 1.82) is 0 Å². The van der Waals surface area contributed by atoms with E-state index in [9.17, 15) is 24.5 Å². The first kappa shape index (κ1) is 25.8. The molecule has 8 rings (SSSR count). The molecule has 11 heteroatoms. The van der Waals surface area contributed by atoms with Gasteiger partial charge in [0.15, 0.2) is 5.76 Å². The van der Waals surface area contributed by atoms with Crippen LogP contribution in [0.2, 0.25) is 5.02 Å². The molecule has 0 unspecified atom stereocenters. The summed E-state index contributed by atoms with van der Waals surface area (Å²) in [7, 11) is 0. The highest BCUT2D eigenvalue weighted by Gasteiger charge is 2.68. The van der Waals surface area contributed by atoms with Crippen molar-refractivity contribution in [1.82, 2.24) is 5.43 Å². The van der Waals surface area contributed by atoms with Gasteiger partial charge in [0.05, 0.1) is 22.2 Å². The third-order valence-electron chi connectivity index (χ3n) is 8.46. The molecule has 2 atom stereocenters. The number of aryl methyl sites for hydroxylation is 1. The number of nitrogens with zero attached hydrogens (tertiary/aromatic N) is 3. The zero-order valence-electron chi connectivity index (χ0n) is 22.0. The van der Waals surface area contributed by atoms with Gasteiger partial charge < -0.3 is 4.42 Å². The Hall–Kier alpha value is -5.09. The van der Waals surface area contributed by atoms with Gasteiger partial charge >= 0.3 is 5.91 Å². The monoisotopic (exact) mass is 580 g/mol. The number of anilines is 1. The van der Waals surface area contributed by atoms with Crippen molar-refractivity contribution >= 4 is 46.9 Å². The van der Waals surface area contributed by atoms with Crippen LogP contribution in [-0.2, 0) is 15.0 Å². The maximum absolute atomic E-state index is 14.4. The second-order valence-corrected chi connectivity index (χ2v) is 11.0. The summed E-state index contributed by atoms with van der Waals surface area (Å²) in [6.07, 6.45) is 1.51. The van der Waals surface area contributed by atoms with E-state index in [4.69, 9.17) is 16.0 Å². The second kappa shape index (κ2) is 9.22. The lowest BCUT2D eigenvalue weighted by molar-refractivity contribution is -0.384. The molecule has 3 aromatic carbocycles. The molecule has 4 aromatic rings. The van der Waals surface area contributed by atoms with E-state index >= 15 is 0 Å². The molecule has 3 aliphatic carbocycles. The highest BCUT2D eigenvalue weighted by molar-refractivity contribution is 6.31. The molecule has 1 aromatic heterocycles. The Labute approximate surface area is 243 Å². The average molecular weight is 581 g/mol. The standard InChI is InChI=1S/C31H21ClN4O6/c1-16-10-13-24(42-16)28(37)34-33-15-31-20-8-4-2-6-18(20)25(19-7-3-5-9-21(19)31)26-27(31)30(39)35(29(26)38)22-12-11-17(32)14-23(22)36(40)41/h2-15,25-27H,1H3,(H,34,37)/b33-15-/t25?,26-,27-,31?/m0/s1. The Balaban J connectivity index is 1.42. The van der Waals surface area contributed by atoms with Crippen LogP contribution in [0, 0.1) is 28.9 Å². The van der Waals surface area contributed by atoms with E-state index in [2.05, 4.69) is 10.5 Å². The maximum Gasteiger partial charge on any atom is 0.307 e. The molecule has 3 amide bonds. The van der Waals surface area contributed by atoms with Crippen LogP contribution < -0.4 is 10.3 Å². The molecule has 0 radical (unpaired) electrons. The molecule has 208 valence electrons. The quantitative estimate of drug-likeness (QED) is 0.151. The lowest BCUT2D eigenvalue weighted by Gasteiger charge is -2.52. The third kappa shape index (κ3) is 3.45. The van der Waals surface area contributed by atoms with E-state index in [1.54, 1.807) is 13.0 Å². The van der Waals surface area contributed by atoms with Crippen LogP contribution in [0.5, 0.6) is 0 Å². The Morgan fingerprint density at radius 1 is 1.02 bits per heavy atom. The minimum atomic E-state index is -1.26. The molecule has 1 N–H and O–H groups in total. The van der Waals surface area contributed by atoms with Gasteiger partial charge in [-0.2, -0.15) is 5.10 Å². The van der Waals surface area contributed by atoms with E-state index in [1.165, 1.54) is 24.4 Å². The molecular weight excluding hydrogens is 560 g/mol. The summed E-state index contributed by atoms with van der Waals surface area (Å²) in [5.41, 5.74) is 3.90. The lowest BCUT2D eigenvalue weighted by Crippen LogP contribution is -2.54. The van der Waals surface area contributed by atoms with Gasteiger partial charge in [-0.05, 0) is 53.4 Å². The lowest BCUT2D eigenvalue weighted by atomic mass is 9.47. The number of furan rings is 1. The van der Waals surface area contributed by atoms with Crippen molar-refractivity contribution in [2.24, 2.45) is 16.9 Å². The molecule has 0 spiro atoms. The van der Waals surface area contributed by atoms with Crippen LogP contribution in [-0.4, -0.2) is 28.9 Å². The normalized spacial score (nSPS) is 23.6. The van der Waals surface area contributed by atoms with Crippen molar-refractivity contribution in [2.75, 3.05) is 4.90 Å². The van der Waals surface area contributed by atoms with Crippen molar-refractivity contribution in [3.8, 4) is 0 Å². The number of nitro benzene ring substituents is 1. The number of nitro groups is 1. The van der Waals surface area contributed by atoms with Crippen LogP contribution in [0.25, 0.3) is 0 Å². The number of benzene rings is 3. The number of rotatable bonds is 5. The van der Waals surface area contributed by atoms with E-state index < -0.39 is 51.5 Å². The molecule has 4 aliphatic rings. The first-order valence-electron chi connectivity index (χ1n) is 13.2. The van der Waals surface area contributed by atoms with Crippen molar-refractivity contribution in [3.63, 3.8) is 0 Å². The molecule has 1 saturated heterocycles. The number of carbonyl (C=O) groups excluding carboxylic acids is 3. The number of hydrogen-bond donors (Lipinski definition) is 1. The predicted molar refractivity (Wildman–Crippen MR) is 152 cm³/mol. The maximum atomic E-state index is 14.4. The molecule has 2 bridgehead atoms. The number of hydrogen-bond acceptors (Lipinski definition) is 7. The summed E-state index contributed by atoms with van der Waals surface area (Å²) < 4.78 is 5.41. The number of hydrazone groups is 1. The fraction of sp³-hybridized carbons (Fsp3) is 0.161. The zero-order valence-corrected chi connectivity index (χ0v) is 22.7. The van der Waals surface area contributed by atoms with E-state index in [0.29, 0.717) is 5.76 Å². The molecule has 1 fully saturated rings. The summed E-state index contributed by atoms with van der Waals surface area (Å²) in [5, 5.41) is 16.4.